The van der Waals surface area contributed by atoms with Gasteiger partial charge in [-0.2, -0.15) is 0 Å². The van der Waals surface area contributed by atoms with Gasteiger partial charge < -0.3 is 14.8 Å². The van der Waals surface area contributed by atoms with Crippen molar-refractivity contribution in [2.24, 2.45) is 0 Å². The number of hydrogen-bond acceptors (Lipinski definition) is 6. The Balaban J connectivity index is 2.02. The Labute approximate surface area is 123 Å². The fourth-order valence-corrected chi connectivity index (χ4v) is 1.74. The van der Waals surface area contributed by atoms with Crippen molar-refractivity contribution in [2.75, 3.05) is 19.0 Å². The highest BCUT2D eigenvalue weighted by Crippen LogP contribution is 2.12. The second-order valence-electron chi connectivity index (χ2n) is 4.21. The minimum absolute atomic E-state index is 0.401. The first-order chi connectivity index (χ1) is 10.2. The summed E-state index contributed by atoms with van der Waals surface area (Å²) in [7, 11) is 1.34. The third kappa shape index (κ3) is 4.17. The molecule has 0 atom stereocenters. The van der Waals surface area contributed by atoms with Gasteiger partial charge in [0.2, 0.25) is 5.88 Å². The van der Waals surface area contributed by atoms with Gasteiger partial charge in [0.15, 0.2) is 0 Å². The molecule has 0 radical (unpaired) electrons. The number of anilines is 1. The molecule has 0 amide bonds. The molecular weight excluding hydrogens is 270 g/mol. The maximum atomic E-state index is 11.4. The lowest BCUT2D eigenvalue weighted by Gasteiger charge is -2.08. The van der Waals surface area contributed by atoms with Crippen LogP contribution in [-0.2, 0) is 11.3 Å². The summed E-state index contributed by atoms with van der Waals surface area (Å²) in [6.45, 7) is 3.00. The number of ether oxygens (including phenoxy) is 2. The molecule has 2 heterocycles. The highest BCUT2D eigenvalue weighted by molar-refractivity contribution is 5.89. The molecule has 0 spiro atoms. The number of nitrogens with zero attached hydrogens (tertiary/aromatic N) is 2. The van der Waals surface area contributed by atoms with Crippen LogP contribution in [-0.4, -0.2) is 29.7 Å². The van der Waals surface area contributed by atoms with E-state index in [1.54, 1.807) is 12.3 Å². The first kappa shape index (κ1) is 14.8. The third-order valence-corrected chi connectivity index (χ3v) is 2.71. The van der Waals surface area contributed by atoms with Crippen LogP contribution in [0.2, 0.25) is 0 Å². The zero-order valence-electron chi connectivity index (χ0n) is 12.0. The Kier molecular flexibility index (Phi) is 5.09. The minimum Gasteiger partial charge on any atom is -0.478 e. The Morgan fingerprint density at radius 3 is 2.95 bits per heavy atom. The molecule has 0 bridgehead atoms. The van der Waals surface area contributed by atoms with Crippen molar-refractivity contribution in [3.8, 4) is 5.88 Å². The molecule has 6 nitrogen and oxygen atoms in total. The maximum Gasteiger partial charge on any atom is 0.339 e. The van der Waals surface area contributed by atoms with Gasteiger partial charge in [-0.15, -0.1) is 0 Å². The number of carbonyl (C=O) groups excluding carboxylic acids is 1. The molecule has 0 saturated carbocycles. The highest BCUT2D eigenvalue weighted by Gasteiger charge is 2.06. The predicted octanol–water partition coefficient (Wildman–Crippen LogP) is 2.27. The normalized spacial score (nSPS) is 10.0. The van der Waals surface area contributed by atoms with E-state index in [0.717, 1.165) is 11.4 Å². The van der Waals surface area contributed by atoms with Gasteiger partial charge in [-0.1, -0.05) is 6.07 Å². The standard InChI is InChI=1S/C15H17N3O3/c1-3-21-14-6-4-5-12(18-14)10-17-13-7-11(8-16-9-13)15(19)20-2/h4-9,17H,3,10H2,1-2H3. The fraction of sp³-hybridized carbons (Fsp3) is 0.267. The van der Waals surface area contributed by atoms with Gasteiger partial charge in [0.25, 0.3) is 0 Å². The quantitative estimate of drug-likeness (QED) is 0.822. The first-order valence-electron chi connectivity index (χ1n) is 6.59. The van der Waals surface area contributed by atoms with Crippen LogP contribution in [0.1, 0.15) is 23.0 Å². The second-order valence-corrected chi connectivity index (χ2v) is 4.21. The number of aromatic nitrogens is 2. The molecule has 0 aromatic carbocycles. The summed E-state index contributed by atoms with van der Waals surface area (Å²) in [4.78, 5) is 19.8. The van der Waals surface area contributed by atoms with Gasteiger partial charge in [0.05, 0.1) is 37.2 Å². The SMILES string of the molecule is CCOc1cccc(CNc2cncc(C(=O)OC)c2)n1. The molecule has 0 unspecified atom stereocenters. The summed E-state index contributed by atoms with van der Waals surface area (Å²) in [5, 5.41) is 3.16. The van der Waals surface area contributed by atoms with Gasteiger partial charge in [-0.05, 0) is 19.1 Å². The number of methoxy groups -OCH3 is 1. The van der Waals surface area contributed by atoms with Gasteiger partial charge in [0, 0.05) is 18.5 Å². The number of carbonyl (C=O) groups is 1. The summed E-state index contributed by atoms with van der Waals surface area (Å²) < 4.78 is 10.0. The molecule has 0 aliphatic rings. The van der Waals surface area contributed by atoms with Gasteiger partial charge in [0.1, 0.15) is 0 Å². The number of hydrogen-bond donors (Lipinski definition) is 1. The smallest absolute Gasteiger partial charge is 0.339 e. The fourth-order valence-electron chi connectivity index (χ4n) is 1.74. The van der Waals surface area contributed by atoms with Crippen molar-refractivity contribution in [3.63, 3.8) is 0 Å². The molecule has 6 heteroatoms. The number of pyridine rings is 2. The molecule has 0 saturated heterocycles. The first-order valence-corrected chi connectivity index (χ1v) is 6.59. The van der Waals surface area contributed by atoms with Crippen LogP contribution < -0.4 is 10.1 Å². The average Bonchev–Trinajstić information content (AvgIpc) is 2.53. The lowest BCUT2D eigenvalue weighted by molar-refractivity contribution is 0.0600. The molecule has 2 aromatic rings. The van der Waals surface area contributed by atoms with E-state index in [1.165, 1.54) is 13.3 Å². The summed E-state index contributed by atoms with van der Waals surface area (Å²) in [6, 6.07) is 7.28. The topological polar surface area (TPSA) is 73.3 Å². The van der Waals surface area contributed by atoms with Crippen molar-refractivity contribution in [1.29, 1.82) is 0 Å². The second kappa shape index (κ2) is 7.23. The molecule has 0 fully saturated rings. The van der Waals surface area contributed by atoms with E-state index < -0.39 is 5.97 Å². The van der Waals surface area contributed by atoms with Crippen molar-refractivity contribution in [3.05, 3.63) is 47.9 Å². The molecule has 0 aliphatic heterocycles. The van der Waals surface area contributed by atoms with Gasteiger partial charge in [-0.25, -0.2) is 9.78 Å². The maximum absolute atomic E-state index is 11.4. The molecular formula is C15H17N3O3. The summed E-state index contributed by atoms with van der Waals surface area (Å²) in [5.74, 6) is 0.181. The van der Waals surface area contributed by atoms with Crippen LogP contribution in [0.25, 0.3) is 0 Å². The Hall–Kier alpha value is -2.63. The van der Waals surface area contributed by atoms with Crippen LogP contribution in [0.15, 0.2) is 36.7 Å². The minimum atomic E-state index is -0.414. The lowest BCUT2D eigenvalue weighted by atomic mass is 10.2. The van der Waals surface area contributed by atoms with Crippen LogP contribution in [0, 0.1) is 0 Å². The third-order valence-electron chi connectivity index (χ3n) is 2.71. The van der Waals surface area contributed by atoms with Crippen LogP contribution in [0.5, 0.6) is 5.88 Å². The average molecular weight is 287 g/mol. The molecule has 1 N–H and O–H groups in total. The Morgan fingerprint density at radius 2 is 2.19 bits per heavy atom. The predicted molar refractivity (Wildman–Crippen MR) is 78.3 cm³/mol. The molecule has 0 aliphatic carbocycles. The number of esters is 1. The highest BCUT2D eigenvalue weighted by atomic mass is 16.5. The van der Waals surface area contributed by atoms with Gasteiger partial charge >= 0.3 is 5.97 Å². The molecule has 2 rings (SSSR count). The number of rotatable bonds is 6. The van der Waals surface area contributed by atoms with Crippen molar-refractivity contribution >= 4 is 11.7 Å². The lowest BCUT2D eigenvalue weighted by Crippen LogP contribution is -2.06. The van der Waals surface area contributed by atoms with Crippen molar-refractivity contribution < 1.29 is 14.3 Å². The summed E-state index contributed by atoms with van der Waals surface area (Å²) in [6.07, 6.45) is 3.10. The van der Waals surface area contributed by atoms with E-state index in [0.29, 0.717) is 24.6 Å². The van der Waals surface area contributed by atoms with E-state index in [-0.39, 0.29) is 0 Å². The van der Waals surface area contributed by atoms with Crippen LogP contribution in [0.4, 0.5) is 5.69 Å². The summed E-state index contributed by atoms with van der Waals surface area (Å²) in [5.41, 5.74) is 1.96. The zero-order chi connectivity index (χ0) is 15.1. The number of nitrogens with one attached hydrogen (secondary N) is 1. The Bertz CT molecular complexity index is 617. The van der Waals surface area contributed by atoms with Gasteiger partial charge in [-0.3, -0.25) is 4.98 Å². The van der Waals surface area contributed by atoms with Crippen LogP contribution in [0.3, 0.4) is 0 Å². The van der Waals surface area contributed by atoms with E-state index in [9.17, 15) is 4.79 Å². The molecule has 110 valence electrons. The Morgan fingerprint density at radius 1 is 1.33 bits per heavy atom. The van der Waals surface area contributed by atoms with E-state index in [4.69, 9.17) is 4.74 Å². The van der Waals surface area contributed by atoms with E-state index >= 15 is 0 Å². The summed E-state index contributed by atoms with van der Waals surface area (Å²) >= 11 is 0. The molecule has 21 heavy (non-hydrogen) atoms. The van der Waals surface area contributed by atoms with E-state index in [2.05, 4.69) is 20.0 Å². The van der Waals surface area contributed by atoms with E-state index in [1.807, 2.05) is 25.1 Å². The molecule has 2 aromatic heterocycles. The monoisotopic (exact) mass is 287 g/mol. The van der Waals surface area contributed by atoms with Crippen LogP contribution >= 0.6 is 0 Å². The van der Waals surface area contributed by atoms with Crippen molar-refractivity contribution in [1.82, 2.24) is 9.97 Å². The largest absolute Gasteiger partial charge is 0.478 e. The zero-order valence-corrected chi connectivity index (χ0v) is 12.0. The van der Waals surface area contributed by atoms with Crippen molar-refractivity contribution in [2.45, 2.75) is 13.5 Å².